The Morgan fingerprint density at radius 3 is 2.86 bits per heavy atom. The molecule has 154 valence electrons. The van der Waals surface area contributed by atoms with Crippen LogP contribution in [0.15, 0.2) is 29.5 Å². The first-order chi connectivity index (χ1) is 14.3. The number of piperidine rings is 1. The molecule has 0 bridgehead atoms. The molecule has 0 aliphatic carbocycles. The number of aliphatic imine (C=N–C) groups is 1. The SMILES string of the molecule is CC1CSC(CC2CCCN(c3ncnc4cc(N5CCOCC5)ccc34)C2)=N1. The molecule has 3 aliphatic heterocycles. The normalized spacial score (nSPS) is 25.5. The van der Waals surface area contributed by atoms with Gasteiger partial charge in [-0.2, -0.15) is 0 Å². The van der Waals surface area contributed by atoms with Crippen LogP contribution in [0.4, 0.5) is 11.5 Å². The number of aromatic nitrogens is 2. The third kappa shape index (κ3) is 4.21. The molecule has 2 fully saturated rings. The molecule has 29 heavy (non-hydrogen) atoms. The average Bonchev–Trinajstić information content (AvgIpc) is 3.18. The van der Waals surface area contributed by atoms with Gasteiger partial charge in [-0.15, -0.1) is 11.8 Å². The molecule has 7 heteroatoms. The van der Waals surface area contributed by atoms with Crippen molar-refractivity contribution in [1.82, 2.24) is 9.97 Å². The van der Waals surface area contributed by atoms with Gasteiger partial charge in [0.15, 0.2) is 0 Å². The molecule has 3 aliphatic rings. The molecule has 0 radical (unpaired) electrons. The summed E-state index contributed by atoms with van der Waals surface area (Å²) in [4.78, 5) is 18.9. The third-order valence-electron chi connectivity index (χ3n) is 6.11. The second-order valence-electron chi connectivity index (χ2n) is 8.34. The van der Waals surface area contributed by atoms with E-state index in [-0.39, 0.29) is 0 Å². The smallest absolute Gasteiger partial charge is 0.139 e. The molecule has 5 rings (SSSR count). The van der Waals surface area contributed by atoms with E-state index in [1.807, 2.05) is 11.8 Å². The summed E-state index contributed by atoms with van der Waals surface area (Å²) in [6.07, 6.45) is 5.35. The summed E-state index contributed by atoms with van der Waals surface area (Å²) in [6.45, 7) is 7.82. The first kappa shape index (κ1) is 19.1. The number of rotatable bonds is 4. The number of ether oxygens (including phenoxy) is 1. The van der Waals surface area contributed by atoms with Crippen LogP contribution >= 0.6 is 11.8 Å². The number of thioether (sulfide) groups is 1. The molecular formula is C22H29N5OS. The lowest BCUT2D eigenvalue weighted by Gasteiger charge is -2.34. The molecule has 2 saturated heterocycles. The highest BCUT2D eigenvalue weighted by Gasteiger charge is 2.25. The van der Waals surface area contributed by atoms with Crippen LogP contribution in [0.2, 0.25) is 0 Å². The van der Waals surface area contributed by atoms with Gasteiger partial charge < -0.3 is 14.5 Å². The molecule has 2 atom stereocenters. The first-order valence-electron chi connectivity index (χ1n) is 10.8. The van der Waals surface area contributed by atoms with Crippen LogP contribution < -0.4 is 9.80 Å². The van der Waals surface area contributed by atoms with Gasteiger partial charge in [0.25, 0.3) is 0 Å². The fourth-order valence-electron chi connectivity index (χ4n) is 4.62. The molecule has 6 nitrogen and oxygen atoms in total. The Bertz CT molecular complexity index is 898. The Morgan fingerprint density at radius 1 is 1.14 bits per heavy atom. The van der Waals surface area contributed by atoms with Crippen molar-refractivity contribution in [3.8, 4) is 0 Å². The van der Waals surface area contributed by atoms with Gasteiger partial charge in [-0.05, 0) is 50.3 Å². The molecule has 1 aromatic carbocycles. The highest BCUT2D eigenvalue weighted by Crippen LogP contribution is 2.32. The predicted molar refractivity (Wildman–Crippen MR) is 121 cm³/mol. The zero-order chi connectivity index (χ0) is 19.6. The van der Waals surface area contributed by atoms with E-state index in [1.165, 1.54) is 23.6 Å². The molecule has 0 saturated carbocycles. The van der Waals surface area contributed by atoms with Crippen LogP contribution in [0.25, 0.3) is 10.9 Å². The molecule has 4 heterocycles. The highest BCUT2D eigenvalue weighted by atomic mass is 32.2. The molecule has 0 spiro atoms. The van der Waals surface area contributed by atoms with Gasteiger partial charge in [-0.25, -0.2) is 9.97 Å². The van der Waals surface area contributed by atoms with E-state index in [0.29, 0.717) is 12.0 Å². The molecule has 0 N–H and O–H groups in total. The summed E-state index contributed by atoms with van der Waals surface area (Å²) in [5.41, 5.74) is 2.26. The molecule has 2 unspecified atom stereocenters. The van der Waals surface area contributed by atoms with Crippen LogP contribution in [-0.4, -0.2) is 66.2 Å². The van der Waals surface area contributed by atoms with Crippen molar-refractivity contribution in [2.24, 2.45) is 10.9 Å². The minimum Gasteiger partial charge on any atom is -0.378 e. The number of hydrogen-bond donors (Lipinski definition) is 0. The van der Waals surface area contributed by atoms with Gasteiger partial charge in [0.2, 0.25) is 0 Å². The summed E-state index contributed by atoms with van der Waals surface area (Å²) in [5.74, 6) is 2.90. The molecular weight excluding hydrogens is 382 g/mol. The summed E-state index contributed by atoms with van der Waals surface area (Å²) < 4.78 is 5.49. The summed E-state index contributed by atoms with van der Waals surface area (Å²) in [6, 6.07) is 7.12. The van der Waals surface area contributed by atoms with Gasteiger partial charge in [0, 0.05) is 43.0 Å². The number of nitrogens with zero attached hydrogens (tertiary/aromatic N) is 5. The van der Waals surface area contributed by atoms with Gasteiger partial charge in [0.05, 0.1) is 29.8 Å². The lowest BCUT2D eigenvalue weighted by Crippen LogP contribution is -2.37. The van der Waals surface area contributed by atoms with Crippen molar-refractivity contribution in [2.75, 3.05) is 54.9 Å². The second-order valence-corrected chi connectivity index (χ2v) is 9.43. The first-order valence-corrected chi connectivity index (χ1v) is 11.8. The number of fused-ring (bicyclic) bond motifs is 1. The van der Waals surface area contributed by atoms with E-state index in [2.05, 4.69) is 39.9 Å². The fraction of sp³-hybridized carbons (Fsp3) is 0.591. The van der Waals surface area contributed by atoms with Gasteiger partial charge in [-0.1, -0.05) is 0 Å². The molecule has 0 amide bonds. The van der Waals surface area contributed by atoms with Crippen LogP contribution in [-0.2, 0) is 4.74 Å². The topological polar surface area (TPSA) is 53.9 Å². The van der Waals surface area contributed by atoms with Crippen molar-refractivity contribution in [1.29, 1.82) is 0 Å². The maximum Gasteiger partial charge on any atom is 0.139 e. The zero-order valence-corrected chi connectivity index (χ0v) is 17.9. The third-order valence-corrected chi connectivity index (χ3v) is 7.37. The van der Waals surface area contributed by atoms with Crippen molar-refractivity contribution in [3.05, 3.63) is 24.5 Å². The van der Waals surface area contributed by atoms with Gasteiger partial charge in [0.1, 0.15) is 12.1 Å². The largest absolute Gasteiger partial charge is 0.378 e. The Balaban J connectivity index is 1.35. The molecule has 1 aromatic heterocycles. The maximum atomic E-state index is 5.49. The maximum absolute atomic E-state index is 5.49. The summed E-state index contributed by atoms with van der Waals surface area (Å²) in [7, 11) is 0. The van der Waals surface area contributed by atoms with Crippen molar-refractivity contribution in [3.63, 3.8) is 0 Å². The lowest BCUT2D eigenvalue weighted by atomic mass is 9.95. The fourth-order valence-corrected chi connectivity index (χ4v) is 5.74. The van der Waals surface area contributed by atoms with E-state index in [9.17, 15) is 0 Å². The van der Waals surface area contributed by atoms with Crippen LogP contribution in [0.5, 0.6) is 0 Å². The minimum atomic E-state index is 0.487. The van der Waals surface area contributed by atoms with Crippen molar-refractivity contribution < 1.29 is 4.74 Å². The minimum absolute atomic E-state index is 0.487. The Morgan fingerprint density at radius 2 is 2.03 bits per heavy atom. The Kier molecular flexibility index (Phi) is 5.59. The Hall–Kier alpha value is -1.86. The van der Waals surface area contributed by atoms with E-state index in [0.717, 1.165) is 68.3 Å². The average molecular weight is 412 g/mol. The van der Waals surface area contributed by atoms with Crippen molar-refractivity contribution >= 4 is 39.2 Å². The van der Waals surface area contributed by atoms with Gasteiger partial charge >= 0.3 is 0 Å². The number of anilines is 2. The number of benzene rings is 1. The standard InChI is InChI=1S/C22H29N5OS/c1-16-14-29-21(25-16)11-17-3-2-6-27(13-17)22-19-5-4-18(12-20(19)23-15-24-22)26-7-9-28-10-8-26/h4-5,12,15-17H,2-3,6-11,13-14H2,1H3. The van der Waals surface area contributed by atoms with E-state index < -0.39 is 0 Å². The quantitative estimate of drug-likeness (QED) is 0.766. The van der Waals surface area contributed by atoms with E-state index in [4.69, 9.17) is 14.7 Å². The Labute approximate surface area is 176 Å². The van der Waals surface area contributed by atoms with Crippen LogP contribution in [0.1, 0.15) is 26.2 Å². The van der Waals surface area contributed by atoms with Crippen LogP contribution in [0, 0.1) is 5.92 Å². The summed E-state index contributed by atoms with van der Waals surface area (Å²) in [5, 5.41) is 2.51. The van der Waals surface area contributed by atoms with E-state index >= 15 is 0 Å². The van der Waals surface area contributed by atoms with E-state index in [1.54, 1.807) is 6.33 Å². The highest BCUT2D eigenvalue weighted by molar-refractivity contribution is 8.14. The summed E-state index contributed by atoms with van der Waals surface area (Å²) >= 11 is 1.95. The number of hydrogen-bond acceptors (Lipinski definition) is 7. The second kappa shape index (κ2) is 8.48. The zero-order valence-electron chi connectivity index (χ0n) is 17.1. The van der Waals surface area contributed by atoms with Crippen molar-refractivity contribution in [2.45, 2.75) is 32.2 Å². The monoisotopic (exact) mass is 411 g/mol. The predicted octanol–water partition coefficient (Wildman–Crippen LogP) is 3.61. The number of morpholine rings is 1. The molecule has 2 aromatic rings. The van der Waals surface area contributed by atoms with Crippen LogP contribution in [0.3, 0.4) is 0 Å². The van der Waals surface area contributed by atoms with Gasteiger partial charge in [-0.3, -0.25) is 4.99 Å². The lowest BCUT2D eigenvalue weighted by molar-refractivity contribution is 0.122.